The lowest BCUT2D eigenvalue weighted by atomic mass is 10.0. The highest BCUT2D eigenvalue weighted by atomic mass is 19.1. The summed E-state index contributed by atoms with van der Waals surface area (Å²) in [6.45, 7) is 0. The van der Waals surface area contributed by atoms with Crippen molar-refractivity contribution in [3.05, 3.63) is 29.3 Å². The first-order valence-electron chi connectivity index (χ1n) is 4.56. The van der Waals surface area contributed by atoms with Gasteiger partial charge >= 0.3 is 5.97 Å². The molecule has 2 atom stereocenters. The largest absolute Gasteiger partial charge is 0.467 e. The Bertz CT molecular complexity index is 415. The van der Waals surface area contributed by atoms with Crippen LogP contribution in [0.3, 0.4) is 0 Å². The number of anilines is 1. The number of methoxy groups -OCH3 is 1. The van der Waals surface area contributed by atoms with Gasteiger partial charge in [-0.1, -0.05) is 0 Å². The van der Waals surface area contributed by atoms with Crippen LogP contribution in [0.1, 0.15) is 11.7 Å². The molecule has 0 aliphatic carbocycles. The van der Waals surface area contributed by atoms with Crippen molar-refractivity contribution in [2.45, 2.75) is 12.2 Å². The number of esters is 1. The second kappa shape index (κ2) is 5.07. The molecule has 0 spiro atoms. The molecule has 2 unspecified atom stereocenters. The number of carbonyl (C=O) groups is 1. The number of nitrogen functional groups attached to an aromatic ring is 1. The normalized spacial score (nSPS) is 14.2. The fourth-order valence-corrected chi connectivity index (χ4v) is 1.29. The molecule has 4 N–H and O–H groups in total. The van der Waals surface area contributed by atoms with E-state index in [2.05, 4.69) is 4.74 Å². The third-order valence-corrected chi connectivity index (χ3v) is 2.14. The third kappa shape index (κ3) is 2.69. The number of hydrogen-bond donors (Lipinski definition) is 3. The Morgan fingerprint density at radius 1 is 1.35 bits per heavy atom. The van der Waals surface area contributed by atoms with Crippen molar-refractivity contribution in [2.24, 2.45) is 0 Å². The summed E-state index contributed by atoms with van der Waals surface area (Å²) < 4.78 is 30.8. The molecule has 1 rings (SSSR count). The minimum absolute atomic E-state index is 0.177. The molecule has 94 valence electrons. The molecule has 1 aromatic carbocycles. The molecule has 0 aliphatic heterocycles. The average molecular weight is 247 g/mol. The van der Waals surface area contributed by atoms with E-state index in [1.807, 2.05) is 0 Å². The maximum absolute atomic E-state index is 13.3. The van der Waals surface area contributed by atoms with Gasteiger partial charge < -0.3 is 20.7 Å². The fraction of sp³-hybridized carbons (Fsp3) is 0.300. The summed E-state index contributed by atoms with van der Waals surface area (Å²) in [5, 5.41) is 18.7. The molecular weight excluding hydrogens is 236 g/mol. The Morgan fingerprint density at radius 3 is 2.24 bits per heavy atom. The van der Waals surface area contributed by atoms with E-state index in [0.717, 1.165) is 19.2 Å². The van der Waals surface area contributed by atoms with Gasteiger partial charge in [-0.2, -0.15) is 0 Å². The molecule has 0 amide bonds. The van der Waals surface area contributed by atoms with Gasteiger partial charge in [0.15, 0.2) is 6.10 Å². The molecule has 17 heavy (non-hydrogen) atoms. The van der Waals surface area contributed by atoms with Crippen molar-refractivity contribution in [3.63, 3.8) is 0 Å². The Balaban J connectivity index is 3.12. The van der Waals surface area contributed by atoms with Gasteiger partial charge in [0.1, 0.15) is 17.7 Å². The minimum atomic E-state index is -2.08. The second-order valence-electron chi connectivity index (χ2n) is 3.31. The van der Waals surface area contributed by atoms with Crippen LogP contribution in [0.15, 0.2) is 12.1 Å². The summed E-state index contributed by atoms with van der Waals surface area (Å²) in [6.07, 6.45) is -4.14. The van der Waals surface area contributed by atoms with Gasteiger partial charge in [-0.15, -0.1) is 0 Å². The lowest BCUT2D eigenvalue weighted by Crippen LogP contribution is -2.30. The van der Waals surface area contributed by atoms with Crippen molar-refractivity contribution in [1.82, 2.24) is 0 Å². The molecule has 0 bridgehead atoms. The topological polar surface area (TPSA) is 92.8 Å². The van der Waals surface area contributed by atoms with Crippen molar-refractivity contribution in [3.8, 4) is 0 Å². The summed E-state index contributed by atoms with van der Waals surface area (Å²) in [7, 11) is 0.966. The van der Waals surface area contributed by atoms with E-state index in [0.29, 0.717) is 0 Å². The van der Waals surface area contributed by atoms with E-state index in [1.54, 1.807) is 0 Å². The zero-order chi connectivity index (χ0) is 13.2. The van der Waals surface area contributed by atoms with E-state index in [9.17, 15) is 23.8 Å². The van der Waals surface area contributed by atoms with Crippen molar-refractivity contribution in [1.29, 1.82) is 0 Å². The molecule has 0 radical (unpaired) electrons. The molecule has 0 fully saturated rings. The van der Waals surface area contributed by atoms with Crippen LogP contribution in [0.25, 0.3) is 0 Å². The van der Waals surface area contributed by atoms with Crippen molar-refractivity contribution in [2.75, 3.05) is 12.8 Å². The summed E-state index contributed by atoms with van der Waals surface area (Å²) in [6, 6.07) is 1.54. The number of nitrogens with two attached hydrogens (primary N) is 1. The molecule has 0 saturated carbocycles. The maximum Gasteiger partial charge on any atom is 0.337 e. The van der Waals surface area contributed by atoms with Gasteiger partial charge in [0.2, 0.25) is 0 Å². The molecule has 0 saturated heterocycles. The van der Waals surface area contributed by atoms with E-state index in [4.69, 9.17) is 5.73 Å². The number of aliphatic hydroxyl groups is 2. The molecule has 5 nitrogen and oxygen atoms in total. The lowest BCUT2D eigenvalue weighted by Gasteiger charge is -2.17. The molecule has 0 heterocycles. The summed E-state index contributed by atoms with van der Waals surface area (Å²) in [5.74, 6) is -3.51. The molecule has 7 heteroatoms. The predicted octanol–water partition coefficient (Wildman–Crippen LogP) is 0.114. The van der Waals surface area contributed by atoms with Crippen LogP contribution in [0.2, 0.25) is 0 Å². The monoisotopic (exact) mass is 247 g/mol. The van der Waals surface area contributed by atoms with E-state index < -0.39 is 35.4 Å². The first-order valence-corrected chi connectivity index (χ1v) is 4.56. The maximum atomic E-state index is 13.3. The molecular formula is C10H11F2NO4. The first-order chi connectivity index (χ1) is 7.88. The van der Waals surface area contributed by atoms with Gasteiger partial charge in [0, 0.05) is 5.69 Å². The Kier molecular flexibility index (Phi) is 3.97. The predicted molar refractivity (Wildman–Crippen MR) is 53.8 cm³/mol. The first kappa shape index (κ1) is 13.3. The van der Waals surface area contributed by atoms with Gasteiger partial charge in [-0.25, -0.2) is 13.6 Å². The second-order valence-corrected chi connectivity index (χ2v) is 3.31. The highest BCUT2D eigenvalue weighted by molar-refractivity contribution is 5.75. The van der Waals surface area contributed by atoms with E-state index in [-0.39, 0.29) is 5.69 Å². The third-order valence-electron chi connectivity index (χ3n) is 2.14. The molecule has 0 aromatic heterocycles. The van der Waals surface area contributed by atoms with Crippen LogP contribution < -0.4 is 5.73 Å². The Hall–Kier alpha value is -1.73. The number of carbonyl (C=O) groups excluding carboxylic acids is 1. The lowest BCUT2D eigenvalue weighted by molar-refractivity contribution is -0.157. The number of halogens is 2. The standard InChI is InChI=1S/C10H11F2NO4/c1-17-10(16)9(15)8(14)7-5(11)2-4(13)3-6(7)12/h2-3,8-9,14-15H,13H2,1H3. The number of benzene rings is 1. The SMILES string of the molecule is COC(=O)C(O)C(O)c1c(F)cc(N)cc1F. The van der Waals surface area contributed by atoms with Crippen LogP contribution in [0.4, 0.5) is 14.5 Å². The van der Waals surface area contributed by atoms with Crippen LogP contribution in [0, 0.1) is 11.6 Å². The van der Waals surface area contributed by atoms with Crippen molar-refractivity contribution < 1.29 is 28.5 Å². The zero-order valence-corrected chi connectivity index (χ0v) is 8.85. The number of aliphatic hydroxyl groups excluding tert-OH is 2. The van der Waals surface area contributed by atoms with Crippen LogP contribution in [0.5, 0.6) is 0 Å². The fourth-order valence-electron chi connectivity index (χ4n) is 1.29. The highest BCUT2D eigenvalue weighted by Crippen LogP contribution is 2.26. The Labute approximate surface area is 95.4 Å². The average Bonchev–Trinajstić information content (AvgIpc) is 2.25. The van der Waals surface area contributed by atoms with Crippen LogP contribution >= 0.6 is 0 Å². The zero-order valence-electron chi connectivity index (χ0n) is 8.85. The smallest absolute Gasteiger partial charge is 0.337 e. The Morgan fingerprint density at radius 2 is 1.82 bits per heavy atom. The number of hydrogen-bond acceptors (Lipinski definition) is 5. The molecule has 0 aliphatic rings. The minimum Gasteiger partial charge on any atom is -0.467 e. The summed E-state index contributed by atoms with van der Waals surface area (Å²) in [5.41, 5.74) is 4.16. The summed E-state index contributed by atoms with van der Waals surface area (Å²) >= 11 is 0. The highest BCUT2D eigenvalue weighted by Gasteiger charge is 2.31. The van der Waals surface area contributed by atoms with Gasteiger partial charge in [0.25, 0.3) is 0 Å². The number of ether oxygens (including phenoxy) is 1. The number of rotatable bonds is 3. The van der Waals surface area contributed by atoms with E-state index >= 15 is 0 Å². The summed E-state index contributed by atoms with van der Waals surface area (Å²) in [4.78, 5) is 10.9. The molecule has 1 aromatic rings. The van der Waals surface area contributed by atoms with Gasteiger partial charge in [0.05, 0.1) is 12.7 Å². The van der Waals surface area contributed by atoms with Crippen molar-refractivity contribution >= 4 is 11.7 Å². The van der Waals surface area contributed by atoms with Gasteiger partial charge in [-0.05, 0) is 12.1 Å². The van der Waals surface area contributed by atoms with Crippen LogP contribution in [-0.4, -0.2) is 29.4 Å². The van der Waals surface area contributed by atoms with E-state index in [1.165, 1.54) is 0 Å². The van der Waals surface area contributed by atoms with Gasteiger partial charge in [-0.3, -0.25) is 0 Å². The quantitative estimate of drug-likeness (QED) is 0.521. The van der Waals surface area contributed by atoms with Crippen LogP contribution in [-0.2, 0) is 9.53 Å².